The molecule has 7 nitrogen and oxygen atoms in total. The van der Waals surface area contributed by atoms with Gasteiger partial charge in [0, 0.05) is 50.6 Å². The number of benzene rings is 3. The van der Waals surface area contributed by atoms with E-state index < -0.39 is 5.82 Å². The standard InChI is InChI=1S/C28H28ClFN4O3.2ClH/c29-23-16-25-19(14-24(23)30)8-9-34(25)28(35)31-20-4-3-5-21(15-20)33-12-10-32(11-13-33)17-22-18-36-26-6-1-2-7-27(26)37-22;;/h1-7,14-16,22H,8-13,17-18H2,(H,31,35);2*1H. The third-order valence-electron chi connectivity index (χ3n) is 7.13. The molecular formula is C28H30Cl3FN4O3. The van der Waals surface area contributed by atoms with Gasteiger partial charge in [-0.1, -0.05) is 29.8 Å². The summed E-state index contributed by atoms with van der Waals surface area (Å²) in [4.78, 5) is 19.4. The number of para-hydroxylation sites is 2. The van der Waals surface area contributed by atoms with Crippen molar-refractivity contribution < 1.29 is 18.7 Å². The Bertz CT molecular complexity index is 1320. The molecule has 1 unspecified atom stereocenters. The first-order valence-electron chi connectivity index (χ1n) is 12.6. The van der Waals surface area contributed by atoms with Crippen molar-refractivity contribution in [2.75, 3.05) is 61.0 Å². The number of carbonyl (C=O) groups is 1. The summed E-state index contributed by atoms with van der Waals surface area (Å²) in [6, 6.07) is 18.4. The zero-order chi connectivity index (χ0) is 25.4. The van der Waals surface area contributed by atoms with Gasteiger partial charge in [0.25, 0.3) is 0 Å². The van der Waals surface area contributed by atoms with E-state index in [2.05, 4.69) is 21.2 Å². The molecule has 39 heavy (non-hydrogen) atoms. The summed E-state index contributed by atoms with van der Waals surface area (Å²) in [5.74, 6) is 1.16. The molecule has 3 aliphatic heterocycles. The van der Waals surface area contributed by atoms with Gasteiger partial charge < -0.3 is 19.7 Å². The highest BCUT2D eigenvalue weighted by Crippen LogP contribution is 2.34. The molecule has 1 saturated heterocycles. The highest BCUT2D eigenvalue weighted by molar-refractivity contribution is 6.31. The van der Waals surface area contributed by atoms with Crippen LogP contribution in [0.2, 0.25) is 5.02 Å². The van der Waals surface area contributed by atoms with Crippen LogP contribution in [-0.4, -0.2) is 62.9 Å². The lowest BCUT2D eigenvalue weighted by Crippen LogP contribution is -2.50. The Balaban J connectivity index is 0.00000176. The number of anilines is 3. The minimum Gasteiger partial charge on any atom is -0.486 e. The number of urea groups is 1. The summed E-state index contributed by atoms with van der Waals surface area (Å²) in [6.07, 6.45) is 0.619. The minimum atomic E-state index is -0.458. The van der Waals surface area contributed by atoms with Crippen molar-refractivity contribution in [1.82, 2.24) is 4.90 Å². The summed E-state index contributed by atoms with van der Waals surface area (Å²) in [7, 11) is 0. The predicted molar refractivity (Wildman–Crippen MR) is 157 cm³/mol. The normalized spacial score (nSPS) is 18.1. The number of halogens is 4. The maximum atomic E-state index is 13.8. The molecular weight excluding hydrogens is 566 g/mol. The Hall–Kier alpha value is -2.91. The van der Waals surface area contributed by atoms with Crippen LogP contribution in [0.15, 0.2) is 60.7 Å². The van der Waals surface area contributed by atoms with Crippen molar-refractivity contribution >= 4 is 59.5 Å². The van der Waals surface area contributed by atoms with Gasteiger partial charge in [-0.25, -0.2) is 9.18 Å². The molecule has 3 heterocycles. The van der Waals surface area contributed by atoms with E-state index in [-0.39, 0.29) is 42.0 Å². The number of fused-ring (bicyclic) bond motifs is 2. The van der Waals surface area contributed by atoms with Crippen LogP contribution in [0.3, 0.4) is 0 Å². The largest absolute Gasteiger partial charge is 0.486 e. The van der Waals surface area contributed by atoms with E-state index in [0.29, 0.717) is 25.3 Å². The van der Waals surface area contributed by atoms with Crippen LogP contribution >= 0.6 is 36.4 Å². The molecule has 208 valence electrons. The van der Waals surface area contributed by atoms with Crippen molar-refractivity contribution in [3.63, 3.8) is 0 Å². The summed E-state index contributed by atoms with van der Waals surface area (Å²) < 4.78 is 25.8. The quantitative estimate of drug-likeness (QED) is 0.408. The Morgan fingerprint density at radius 3 is 2.54 bits per heavy atom. The molecule has 0 radical (unpaired) electrons. The van der Waals surface area contributed by atoms with Crippen molar-refractivity contribution in [1.29, 1.82) is 0 Å². The molecule has 11 heteroatoms. The number of ether oxygens (including phenoxy) is 2. The van der Waals surface area contributed by atoms with E-state index in [1.165, 1.54) is 12.1 Å². The molecule has 0 aromatic heterocycles. The van der Waals surface area contributed by atoms with E-state index in [9.17, 15) is 9.18 Å². The van der Waals surface area contributed by atoms with Crippen molar-refractivity contribution in [3.8, 4) is 11.5 Å². The Kier molecular flexibility index (Phi) is 9.33. The third kappa shape index (κ3) is 6.30. The number of amides is 2. The fraction of sp³-hybridized carbons (Fsp3) is 0.321. The first-order valence-corrected chi connectivity index (χ1v) is 12.9. The summed E-state index contributed by atoms with van der Waals surface area (Å²) in [6.45, 7) is 5.46. The maximum absolute atomic E-state index is 13.8. The topological polar surface area (TPSA) is 57.3 Å². The lowest BCUT2D eigenvalue weighted by molar-refractivity contribution is 0.0571. The zero-order valence-electron chi connectivity index (χ0n) is 21.1. The molecule has 1 fully saturated rings. The van der Waals surface area contributed by atoms with E-state index in [1.54, 1.807) is 4.90 Å². The minimum absolute atomic E-state index is 0. The van der Waals surface area contributed by atoms with Gasteiger partial charge in [0.1, 0.15) is 18.5 Å². The van der Waals surface area contributed by atoms with Crippen LogP contribution in [0.5, 0.6) is 11.5 Å². The number of nitrogens with zero attached hydrogens (tertiary/aromatic N) is 3. The van der Waals surface area contributed by atoms with E-state index in [1.807, 2.05) is 42.5 Å². The van der Waals surface area contributed by atoms with Gasteiger partial charge in [0.05, 0.1) is 10.7 Å². The van der Waals surface area contributed by atoms with Gasteiger partial charge in [-0.15, -0.1) is 24.8 Å². The van der Waals surface area contributed by atoms with Crippen LogP contribution in [-0.2, 0) is 6.42 Å². The summed E-state index contributed by atoms with van der Waals surface area (Å²) in [5, 5.41) is 3.01. The molecule has 0 aliphatic carbocycles. The van der Waals surface area contributed by atoms with Crippen molar-refractivity contribution in [2.45, 2.75) is 12.5 Å². The second kappa shape index (κ2) is 12.5. The smallest absolute Gasteiger partial charge is 0.326 e. The Morgan fingerprint density at radius 2 is 1.74 bits per heavy atom. The lowest BCUT2D eigenvalue weighted by atomic mass is 10.1. The molecule has 3 aromatic carbocycles. The van der Waals surface area contributed by atoms with Crippen LogP contribution in [0.4, 0.5) is 26.2 Å². The first-order chi connectivity index (χ1) is 18.0. The molecule has 2 amide bonds. The average Bonchev–Trinajstić information content (AvgIpc) is 3.32. The second-order valence-corrected chi connectivity index (χ2v) is 9.97. The fourth-order valence-corrected chi connectivity index (χ4v) is 5.35. The van der Waals surface area contributed by atoms with Crippen molar-refractivity contribution in [2.24, 2.45) is 0 Å². The van der Waals surface area contributed by atoms with E-state index in [4.69, 9.17) is 21.1 Å². The molecule has 3 aliphatic rings. The molecule has 0 bridgehead atoms. The predicted octanol–water partition coefficient (Wildman–Crippen LogP) is 5.88. The van der Waals surface area contributed by atoms with Gasteiger partial charge in [-0.05, 0) is 54.4 Å². The molecule has 1 atom stereocenters. The van der Waals surface area contributed by atoms with Crippen molar-refractivity contribution in [3.05, 3.63) is 77.1 Å². The van der Waals surface area contributed by atoms with E-state index in [0.717, 1.165) is 61.2 Å². The molecule has 6 rings (SSSR count). The molecule has 0 saturated carbocycles. The molecule has 1 N–H and O–H groups in total. The summed E-state index contributed by atoms with van der Waals surface area (Å²) in [5.41, 5.74) is 3.23. The van der Waals surface area contributed by atoms with Gasteiger partial charge in [-0.3, -0.25) is 9.80 Å². The monoisotopic (exact) mass is 594 g/mol. The summed E-state index contributed by atoms with van der Waals surface area (Å²) >= 11 is 5.96. The second-order valence-electron chi connectivity index (χ2n) is 9.56. The first kappa shape index (κ1) is 29.1. The number of nitrogens with one attached hydrogen (secondary N) is 1. The third-order valence-corrected chi connectivity index (χ3v) is 7.42. The van der Waals surface area contributed by atoms with Crippen LogP contribution < -0.4 is 24.6 Å². The average molecular weight is 596 g/mol. The fourth-order valence-electron chi connectivity index (χ4n) is 5.19. The number of rotatable bonds is 4. The lowest BCUT2D eigenvalue weighted by Gasteiger charge is -2.38. The maximum Gasteiger partial charge on any atom is 0.326 e. The SMILES string of the molecule is Cl.Cl.O=C(Nc1cccc(N2CCN(CC3COc4ccccc4O3)CC2)c1)N1CCc2cc(F)c(Cl)cc21. The van der Waals surface area contributed by atoms with Gasteiger partial charge >= 0.3 is 6.03 Å². The van der Waals surface area contributed by atoms with E-state index >= 15 is 0 Å². The van der Waals surface area contributed by atoms with Crippen LogP contribution in [0.1, 0.15) is 5.56 Å². The van der Waals surface area contributed by atoms with Crippen LogP contribution in [0, 0.1) is 5.82 Å². The highest BCUT2D eigenvalue weighted by atomic mass is 35.5. The Morgan fingerprint density at radius 1 is 0.974 bits per heavy atom. The van der Waals surface area contributed by atoms with Gasteiger partial charge in [0.2, 0.25) is 0 Å². The molecule has 0 spiro atoms. The van der Waals surface area contributed by atoms with Gasteiger partial charge in [0.15, 0.2) is 11.5 Å². The Labute approximate surface area is 244 Å². The highest BCUT2D eigenvalue weighted by Gasteiger charge is 2.28. The zero-order valence-corrected chi connectivity index (χ0v) is 23.5. The van der Waals surface area contributed by atoms with Gasteiger partial charge in [-0.2, -0.15) is 0 Å². The number of hydrogen-bond acceptors (Lipinski definition) is 5. The van der Waals surface area contributed by atoms with Crippen LogP contribution in [0.25, 0.3) is 0 Å². The number of hydrogen-bond donors (Lipinski definition) is 1. The molecule has 3 aromatic rings. The number of piperazine rings is 1. The number of carbonyl (C=O) groups excluding carboxylic acids is 1.